The van der Waals surface area contributed by atoms with Gasteiger partial charge in [0, 0.05) is 24.2 Å². The fourth-order valence-corrected chi connectivity index (χ4v) is 7.15. The van der Waals surface area contributed by atoms with Gasteiger partial charge in [0.2, 0.25) is 0 Å². The van der Waals surface area contributed by atoms with Crippen LogP contribution in [0.5, 0.6) is 0 Å². The molecule has 0 aromatic heterocycles. The number of carboxylic acid groups (broad SMARTS) is 2. The Morgan fingerprint density at radius 3 is 1.67 bits per heavy atom. The summed E-state index contributed by atoms with van der Waals surface area (Å²) in [6.45, 7) is 0. The summed E-state index contributed by atoms with van der Waals surface area (Å²) in [5.41, 5.74) is 1.97. The minimum atomic E-state index is -1.14. The second-order valence-corrected chi connectivity index (χ2v) is 10.0. The number of nitrogens with zero attached hydrogens (tertiary/aromatic N) is 2. The summed E-state index contributed by atoms with van der Waals surface area (Å²) >= 11 is 0. The first-order valence-electron chi connectivity index (χ1n) is 11.4. The standard InChI is InChI=1S/C24H32N2O4/c1-25-15-3-4-16(25)10-13(9-15)19-7-8-20(23(27)28)22(24(29)30)21(19)14-11-17-5-6-18(12-14)26(17)2/h7-8,13-18H,3-6,9-12H2,1-2H3,(H,27,28)(H,29,30)/t13?,14?,15-,16+,17-,18+. The van der Waals surface area contributed by atoms with Crippen LogP contribution in [0.4, 0.5) is 0 Å². The van der Waals surface area contributed by atoms with E-state index in [9.17, 15) is 19.8 Å². The third kappa shape index (κ3) is 3.07. The quantitative estimate of drug-likeness (QED) is 0.784. The molecule has 0 saturated carbocycles. The SMILES string of the molecule is CN1[C@@H]2CC[C@H]1CC(c1ccc(C(=O)O)c(C(=O)O)c1C1C[C@H]3CC[C@@H](C1)N3C)C2. The third-order valence-electron chi connectivity index (χ3n) is 8.77. The number of aromatic carboxylic acids is 2. The van der Waals surface area contributed by atoms with E-state index in [0.29, 0.717) is 30.1 Å². The molecule has 6 atom stereocenters. The minimum absolute atomic E-state index is 0.0524. The van der Waals surface area contributed by atoms with Crippen LogP contribution in [0.15, 0.2) is 12.1 Å². The Labute approximate surface area is 177 Å². The van der Waals surface area contributed by atoms with Crippen LogP contribution in [0, 0.1) is 0 Å². The average Bonchev–Trinajstić information content (AvgIpc) is 3.04. The van der Waals surface area contributed by atoms with Gasteiger partial charge in [0.15, 0.2) is 0 Å². The first-order chi connectivity index (χ1) is 14.3. The van der Waals surface area contributed by atoms with Gasteiger partial charge < -0.3 is 20.0 Å². The van der Waals surface area contributed by atoms with E-state index in [1.54, 1.807) is 6.07 Å². The van der Waals surface area contributed by atoms with Gasteiger partial charge in [-0.05, 0) is 94.5 Å². The zero-order valence-electron chi connectivity index (χ0n) is 17.9. The summed E-state index contributed by atoms with van der Waals surface area (Å²) in [5, 5.41) is 19.9. The topological polar surface area (TPSA) is 81.1 Å². The van der Waals surface area contributed by atoms with Crippen molar-refractivity contribution in [1.82, 2.24) is 9.80 Å². The fraction of sp³-hybridized carbons (Fsp3) is 0.667. The number of rotatable bonds is 4. The van der Waals surface area contributed by atoms with E-state index in [1.807, 2.05) is 6.07 Å². The number of hydrogen-bond donors (Lipinski definition) is 2. The molecule has 162 valence electrons. The molecule has 1 aromatic carbocycles. The maximum atomic E-state index is 12.4. The van der Waals surface area contributed by atoms with Crippen molar-refractivity contribution in [3.8, 4) is 0 Å². The smallest absolute Gasteiger partial charge is 0.336 e. The van der Waals surface area contributed by atoms with Crippen LogP contribution in [0.25, 0.3) is 0 Å². The van der Waals surface area contributed by atoms with E-state index < -0.39 is 11.9 Å². The van der Waals surface area contributed by atoms with Gasteiger partial charge in [0.1, 0.15) is 0 Å². The summed E-state index contributed by atoms with van der Waals surface area (Å²) in [6, 6.07) is 5.58. The zero-order valence-corrected chi connectivity index (χ0v) is 17.9. The molecule has 2 N–H and O–H groups in total. The van der Waals surface area contributed by atoms with Crippen LogP contribution in [-0.2, 0) is 0 Å². The van der Waals surface area contributed by atoms with E-state index >= 15 is 0 Å². The molecule has 4 fully saturated rings. The molecular formula is C24H32N2O4. The third-order valence-corrected chi connectivity index (χ3v) is 8.77. The number of piperidine rings is 2. The van der Waals surface area contributed by atoms with E-state index in [2.05, 4.69) is 23.9 Å². The van der Waals surface area contributed by atoms with Gasteiger partial charge in [-0.25, -0.2) is 9.59 Å². The molecule has 2 unspecified atom stereocenters. The lowest BCUT2D eigenvalue weighted by Gasteiger charge is -2.41. The van der Waals surface area contributed by atoms with E-state index in [-0.39, 0.29) is 17.0 Å². The molecule has 0 amide bonds. The van der Waals surface area contributed by atoms with Crippen molar-refractivity contribution < 1.29 is 19.8 Å². The lowest BCUT2D eigenvalue weighted by Crippen LogP contribution is -2.41. The maximum absolute atomic E-state index is 12.4. The van der Waals surface area contributed by atoms with Crippen LogP contribution in [0.2, 0.25) is 0 Å². The lowest BCUT2D eigenvalue weighted by molar-refractivity contribution is 0.0648. The number of benzene rings is 1. The van der Waals surface area contributed by atoms with Crippen molar-refractivity contribution in [3.63, 3.8) is 0 Å². The Kier molecular flexibility index (Phi) is 4.90. The van der Waals surface area contributed by atoms with Crippen molar-refractivity contribution in [3.05, 3.63) is 34.4 Å². The van der Waals surface area contributed by atoms with Crippen LogP contribution in [0.3, 0.4) is 0 Å². The Hall–Kier alpha value is -1.92. The normalized spacial score (nSPS) is 36.2. The lowest BCUT2D eigenvalue weighted by atomic mass is 9.74. The molecule has 4 aliphatic rings. The molecule has 30 heavy (non-hydrogen) atoms. The minimum Gasteiger partial charge on any atom is -0.478 e. The highest BCUT2D eigenvalue weighted by Gasteiger charge is 2.44. The Balaban J connectivity index is 1.61. The summed E-state index contributed by atoms with van der Waals surface area (Å²) in [7, 11) is 4.39. The van der Waals surface area contributed by atoms with E-state index in [0.717, 1.165) is 49.7 Å². The molecule has 0 aliphatic carbocycles. The Morgan fingerprint density at radius 1 is 0.767 bits per heavy atom. The molecule has 4 aliphatic heterocycles. The number of carboxylic acids is 2. The highest BCUT2D eigenvalue weighted by molar-refractivity contribution is 6.03. The van der Waals surface area contributed by atoms with Crippen molar-refractivity contribution in [2.24, 2.45) is 0 Å². The molecule has 0 radical (unpaired) electrons. The van der Waals surface area contributed by atoms with Gasteiger partial charge in [-0.2, -0.15) is 0 Å². The van der Waals surface area contributed by atoms with Crippen LogP contribution in [-0.4, -0.2) is 70.2 Å². The van der Waals surface area contributed by atoms with Crippen LogP contribution in [0.1, 0.15) is 95.0 Å². The number of carbonyl (C=O) groups is 2. The Bertz CT molecular complexity index is 856. The van der Waals surface area contributed by atoms with Crippen molar-refractivity contribution in [2.45, 2.75) is 87.4 Å². The predicted octanol–water partition coefficient (Wildman–Crippen LogP) is 3.76. The first-order valence-corrected chi connectivity index (χ1v) is 11.4. The predicted molar refractivity (Wildman–Crippen MR) is 113 cm³/mol. The largest absolute Gasteiger partial charge is 0.478 e. The van der Waals surface area contributed by atoms with Crippen LogP contribution < -0.4 is 0 Å². The van der Waals surface area contributed by atoms with Gasteiger partial charge in [0.05, 0.1) is 11.1 Å². The van der Waals surface area contributed by atoms with Gasteiger partial charge in [-0.15, -0.1) is 0 Å². The molecule has 4 bridgehead atoms. The van der Waals surface area contributed by atoms with Gasteiger partial charge in [-0.3, -0.25) is 0 Å². The van der Waals surface area contributed by atoms with Crippen molar-refractivity contribution in [2.75, 3.05) is 14.1 Å². The van der Waals surface area contributed by atoms with Gasteiger partial charge >= 0.3 is 11.9 Å². The zero-order chi connectivity index (χ0) is 21.2. The fourth-order valence-electron chi connectivity index (χ4n) is 7.15. The van der Waals surface area contributed by atoms with E-state index in [1.165, 1.54) is 12.8 Å². The summed E-state index contributed by atoms with van der Waals surface area (Å²) in [5.74, 6) is -1.77. The molecular weight excluding hydrogens is 380 g/mol. The summed E-state index contributed by atoms with van der Waals surface area (Å²) in [4.78, 5) is 29.2. The second-order valence-electron chi connectivity index (χ2n) is 10.0. The first kappa shape index (κ1) is 20.0. The number of fused-ring (bicyclic) bond motifs is 4. The molecule has 6 nitrogen and oxygen atoms in total. The number of hydrogen-bond acceptors (Lipinski definition) is 4. The Morgan fingerprint density at radius 2 is 1.23 bits per heavy atom. The molecule has 5 rings (SSSR count). The molecule has 1 aromatic rings. The molecule has 4 heterocycles. The summed E-state index contributed by atoms with van der Waals surface area (Å²) < 4.78 is 0. The molecule has 6 heteroatoms. The monoisotopic (exact) mass is 412 g/mol. The second kappa shape index (κ2) is 7.34. The van der Waals surface area contributed by atoms with Gasteiger partial charge in [-0.1, -0.05) is 6.07 Å². The molecule has 4 saturated heterocycles. The summed E-state index contributed by atoms with van der Waals surface area (Å²) in [6.07, 6.45) is 8.70. The van der Waals surface area contributed by atoms with Crippen molar-refractivity contribution in [1.29, 1.82) is 0 Å². The van der Waals surface area contributed by atoms with Gasteiger partial charge in [0.25, 0.3) is 0 Å². The van der Waals surface area contributed by atoms with E-state index in [4.69, 9.17) is 0 Å². The maximum Gasteiger partial charge on any atom is 0.336 e. The van der Waals surface area contributed by atoms with Crippen LogP contribution >= 0.6 is 0 Å². The van der Waals surface area contributed by atoms with Crippen molar-refractivity contribution >= 4 is 11.9 Å². The highest BCUT2D eigenvalue weighted by atomic mass is 16.4. The average molecular weight is 413 g/mol. The molecule has 0 spiro atoms. The highest BCUT2D eigenvalue weighted by Crippen LogP contribution is 2.49.